The van der Waals surface area contributed by atoms with Gasteiger partial charge in [0, 0.05) is 11.0 Å². The molecule has 1 aromatic carbocycles. The highest BCUT2D eigenvalue weighted by molar-refractivity contribution is 14.0. The zero-order valence-corrected chi connectivity index (χ0v) is 15.8. The standard InChI is InChI=1S/C16H27N3.HI/c1-12-9-7-8-10-13(12)16(5,6)11-18-14(17)19-15(2,3)4;/h7-10H,11H2,1-6H3,(H3,17,18,19);1H. The van der Waals surface area contributed by atoms with Gasteiger partial charge in [0.1, 0.15) is 0 Å². The van der Waals surface area contributed by atoms with Gasteiger partial charge in [0.15, 0.2) is 5.96 Å². The number of nitrogens with one attached hydrogen (secondary N) is 1. The Morgan fingerprint density at radius 2 is 1.70 bits per heavy atom. The fourth-order valence-corrected chi connectivity index (χ4v) is 2.12. The van der Waals surface area contributed by atoms with Crippen molar-refractivity contribution in [3.63, 3.8) is 0 Å². The van der Waals surface area contributed by atoms with E-state index in [1.807, 2.05) is 0 Å². The molecule has 0 aliphatic carbocycles. The van der Waals surface area contributed by atoms with Crippen molar-refractivity contribution in [3.8, 4) is 0 Å². The van der Waals surface area contributed by atoms with Crippen molar-refractivity contribution in [1.29, 1.82) is 0 Å². The minimum absolute atomic E-state index is 0. The Balaban J connectivity index is 0.00000361. The molecule has 0 saturated carbocycles. The summed E-state index contributed by atoms with van der Waals surface area (Å²) < 4.78 is 0. The van der Waals surface area contributed by atoms with Crippen LogP contribution in [0.1, 0.15) is 45.7 Å². The molecule has 0 unspecified atom stereocenters. The van der Waals surface area contributed by atoms with Crippen molar-refractivity contribution in [2.75, 3.05) is 6.54 Å². The zero-order chi connectivity index (χ0) is 14.7. The molecule has 0 fully saturated rings. The maximum Gasteiger partial charge on any atom is 0.189 e. The second-order valence-electron chi connectivity index (χ2n) is 6.78. The molecule has 1 aromatic rings. The molecular formula is C16H28IN3. The molecule has 0 spiro atoms. The van der Waals surface area contributed by atoms with Crippen LogP contribution in [0.25, 0.3) is 0 Å². The van der Waals surface area contributed by atoms with Crippen LogP contribution >= 0.6 is 24.0 Å². The number of halogens is 1. The minimum Gasteiger partial charge on any atom is -0.370 e. The van der Waals surface area contributed by atoms with Gasteiger partial charge in [-0.05, 0) is 38.8 Å². The van der Waals surface area contributed by atoms with Crippen molar-refractivity contribution in [2.45, 2.75) is 52.5 Å². The molecule has 1 rings (SSSR count). The molecule has 0 amide bonds. The van der Waals surface area contributed by atoms with Gasteiger partial charge in [-0.1, -0.05) is 38.1 Å². The third-order valence-electron chi connectivity index (χ3n) is 3.02. The average molecular weight is 389 g/mol. The van der Waals surface area contributed by atoms with Gasteiger partial charge >= 0.3 is 0 Å². The van der Waals surface area contributed by atoms with Gasteiger partial charge < -0.3 is 11.1 Å². The summed E-state index contributed by atoms with van der Waals surface area (Å²) in [6.45, 7) is 13.4. The van der Waals surface area contributed by atoms with Crippen molar-refractivity contribution in [1.82, 2.24) is 5.32 Å². The van der Waals surface area contributed by atoms with Crippen molar-refractivity contribution >= 4 is 29.9 Å². The number of aliphatic imine (C=N–C) groups is 1. The summed E-state index contributed by atoms with van der Waals surface area (Å²) >= 11 is 0. The average Bonchev–Trinajstić information content (AvgIpc) is 2.24. The van der Waals surface area contributed by atoms with Crippen LogP contribution in [0.2, 0.25) is 0 Å². The minimum atomic E-state index is -0.0552. The molecule has 0 aliphatic rings. The molecule has 3 nitrogen and oxygen atoms in total. The Morgan fingerprint density at radius 3 is 2.20 bits per heavy atom. The number of nitrogens with two attached hydrogens (primary N) is 1. The monoisotopic (exact) mass is 389 g/mol. The number of rotatable bonds is 3. The normalized spacial score (nSPS) is 12.8. The number of nitrogens with zero attached hydrogens (tertiary/aromatic N) is 1. The summed E-state index contributed by atoms with van der Waals surface area (Å²) in [4.78, 5) is 4.48. The van der Waals surface area contributed by atoms with Crippen molar-refractivity contribution in [3.05, 3.63) is 35.4 Å². The number of aryl methyl sites for hydroxylation is 1. The van der Waals surface area contributed by atoms with E-state index in [-0.39, 0.29) is 34.9 Å². The van der Waals surface area contributed by atoms with E-state index in [4.69, 9.17) is 5.73 Å². The Kier molecular flexibility index (Phi) is 7.01. The lowest BCUT2D eigenvalue weighted by Crippen LogP contribution is -2.45. The molecule has 20 heavy (non-hydrogen) atoms. The summed E-state index contributed by atoms with van der Waals surface area (Å²) in [5.74, 6) is 0.508. The molecule has 0 heterocycles. The van der Waals surface area contributed by atoms with Gasteiger partial charge in [0.05, 0.1) is 6.54 Å². The summed E-state index contributed by atoms with van der Waals surface area (Å²) in [5.41, 5.74) is 8.47. The highest BCUT2D eigenvalue weighted by atomic mass is 127. The van der Waals surface area contributed by atoms with Crippen LogP contribution in [0.3, 0.4) is 0 Å². The van der Waals surface area contributed by atoms with Gasteiger partial charge in [0.2, 0.25) is 0 Å². The molecule has 114 valence electrons. The first-order chi connectivity index (χ1) is 8.62. The topological polar surface area (TPSA) is 50.4 Å². The predicted octanol–water partition coefficient (Wildman–Crippen LogP) is 3.59. The van der Waals surface area contributed by atoms with Crippen molar-refractivity contribution in [2.24, 2.45) is 10.7 Å². The number of guanidine groups is 1. The highest BCUT2D eigenvalue weighted by Crippen LogP contribution is 2.26. The molecule has 0 atom stereocenters. The molecule has 4 heteroatoms. The first kappa shape index (κ1) is 19.2. The maximum atomic E-state index is 5.92. The van der Waals surface area contributed by atoms with E-state index in [1.165, 1.54) is 11.1 Å². The van der Waals surface area contributed by atoms with Crippen LogP contribution in [-0.2, 0) is 5.41 Å². The van der Waals surface area contributed by atoms with E-state index < -0.39 is 0 Å². The van der Waals surface area contributed by atoms with Crippen molar-refractivity contribution < 1.29 is 0 Å². The van der Waals surface area contributed by atoms with E-state index in [0.29, 0.717) is 12.5 Å². The summed E-state index contributed by atoms with van der Waals surface area (Å²) in [6, 6.07) is 8.44. The quantitative estimate of drug-likeness (QED) is 0.472. The van der Waals surface area contributed by atoms with Gasteiger partial charge in [-0.3, -0.25) is 4.99 Å². The lowest BCUT2D eigenvalue weighted by atomic mass is 9.82. The van der Waals surface area contributed by atoms with E-state index >= 15 is 0 Å². The Labute approximate surface area is 140 Å². The second kappa shape index (κ2) is 7.29. The third kappa shape index (κ3) is 6.11. The summed E-state index contributed by atoms with van der Waals surface area (Å²) in [5, 5.41) is 3.19. The molecule has 0 aliphatic heterocycles. The van der Waals surface area contributed by atoms with E-state index in [0.717, 1.165) is 0 Å². The van der Waals surface area contributed by atoms with Gasteiger partial charge in [-0.25, -0.2) is 0 Å². The first-order valence-electron chi connectivity index (χ1n) is 6.76. The van der Waals surface area contributed by atoms with Crippen LogP contribution in [-0.4, -0.2) is 18.0 Å². The Morgan fingerprint density at radius 1 is 1.15 bits per heavy atom. The van der Waals surface area contributed by atoms with Gasteiger partial charge in [-0.15, -0.1) is 24.0 Å². The Bertz CT molecular complexity index is 459. The second-order valence-corrected chi connectivity index (χ2v) is 6.78. The maximum absolute atomic E-state index is 5.92. The van der Waals surface area contributed by atoms with Gasteiger partial charge in [0.25, 0.3) is 0 Å². The van der Waals surface area contributed by atoms with Crippen LogP contribution in [0, 0.1) is 6.92 Å². The van der Waals surface area contributed by atoms with Gasteiger partial charge in [-0.2, -0.15) is 0 Å². The van der Waals surface area contributed by atoms with Crippen LogP contribution in [0.5, 0.6) is 0 Å². The lowest BCUT2D eigenvalue weighted by molar-refractivity contribution is 0.499. The van der Waals surface area contributed by atoms with Crippen LogP contribution < -0.4 is 11.1 Å². The van der Waals surface area contributed by atoms with E-state index in [2.05, 4.69) is 76.1 Å². The SMILES string of the molecule is Cc1ccccc1C(C)(C)CN=C(N)NC(C)(C)C.I. The number of benzene rings is 1. The smallest absolute Gasteiger partial charge is 0.189 e. The van der Waals surface area contributed by atoms with Crippen LogP contribution in [0.4, 0.5) is 0 Å². The van der Waals surface area contributed by atoms with Crippen LogP contribution in [0.15, 0.2) is 29.3 Å². The first-order valence-corrected chi connectivity index (χ1v) is 6.76. The Hall–Kier alpha value is -0.780. The predicted molar refractivity (Wildman–Crippen MR) is 99.0 cm³/mol. The largest absolute Gasteiger partial charge is 0.370 e. The molecule has 3 N–H and O–H groups in total. The zero-order valence-electron chi connectivity index (χ0n) is 13.4. The number of hydrogen-bond donors (Lipinski definition) is 2. The molecule has 0 radical (unpaired) electrons. The van der Waals surface area contributed by atoms with E-state index in [1.54, 1.807) is 0 Å². The molecule has 0 bridgehead atoms. The fraction of sp³-hybridized carbons (Fsp3) is 0.562. The highest BCUT2D eigenvalue weighted by Gasteiger charge is 2.22. The molecule has 0 aromatic heterocycles. The van der Waals surface area contributed by atoms with E-state index in [9.17, 15) is 0 Å². The third-order valence-corrected chi connectivity index (χ3v) is 3.02. The summed E-state index contributed by atoms with van der Waals surface area (Å²) in [7, 11) is 0. The molecule has 0 saturated heterocycles. The number of hydrogen-bond acceptors (Lipinski definition) is 1. The lowest BCUT2D eigenvalue weighted by Gasteiger charge is -2.26. The fourth-order valence-electron chi connectivity index (χ4n) is 2.12. The molecular weight excluding hydrogens is 361 g/mol. The summed E-state index contributed by atoms with van der Waals surface area (Å²) in [6.07, 6.45) is 0.